The normalized spacial score (nSPS) is 19.7. The van der Waals surface area contributed by atoms with Gasteiger partial charge >= 0.3 is 14.2 Å². The summed E-state index contributed by atoms with van der Waals surface area (Å²) in [6, 6.07) is 33.3. The van der Waals surface area contributed by atoms with Crippen LogP contribution in [0, 0.1) is 0 Å². The van der Waals surface area contributed by atoms with Crippen molar-refractivity contribution < 1.29 is 18.6 Å². The number of nitrogens with zero attached hydrogens (tertiary/aromatic N) is 1. The predicted octanol–water partition coefficient (Wildman–Crippen LogP) is 8.81. The van der Waals surface area contributed by atoms with Crippen molar-refractivity contribution >= 4 is 42.2 Å². The number of rotatable bonds is 11. The van der Waals surface area contributed by atoms with Gasteiger partial charge in [0.25, 0.3) is 0 Å². The van der Waals surface area contributed by atoms with Gasteiger partial charge in [-0.15, -0.1) is 0 Å². The molecule has 0 atom stereocenters. The molecule has 5 nitrogen and oxygen atoms in total. The molecule has 0 amide bonds. The van der Waals surface area contributed by atoms with Crippen molar-refractivity contribution in [3.05, 3.63) is 113 Å². The molecule has 0 saturated carbocycles. The fourth-order valence-corrected chi connectivity index (χ4v) is 7.02. The maximum Gasteiger partial charge on any atom is 0.494 e. The van der Waals surface area contributed by atoms with Crippen LogP contribution in [-0.4, -0.2) is 36.6 Å². The Kier molecular flexibility index (Phi) is 9.34. The lowest BCUT2D eigenvalue weighted by Crippen LogP contribution is -2.41. The lowest BCUT2D eigenvalue weighted by Gasteiger charge is -2.32. The summed E-state index contributed by atoms with van der Waals surface area (Å²) in [5, 5.41) is 0. The van der Waals surface area contributed by atoms with Crippen molar-refractivity contribution in [1.82, 2.24) is 0 Å². The van der Waals surface area contributed by atoms with Gasteiger partial charge in [-0.2, -0.15) is 0 Å². The molecule has 4 aromatic rings. The van der Waals surface area contributed by atoms with Gasteiger partial charge in [0, 0.05) is 17.1 Å². The largest absolute Gasteiger partial charge is 0.494 e. The van der Waals surface area contributed by atoms with Crippen LogP contribution >= 0.6 is 0 Å². The number of aryl methyl sites for hydroxylation is 4. The maximum atomic E-state index is 6.35. The van der Waals surface area contributed by atoms with E-state index in [1.54, 1.807) is 11.1 Å². The first-order valence-corrected chi connectivity index (χ1v) is 18.6. The topological polar surface area (TPSA) is 40.2 Å². The summed E-state index contributed by atoms with van der Waals surface area (Å²) in [6.45, 7) is 16.7. The predicted molar refractivity (Wildman–Crippen MR) is 208 cm³/mol. The average Bonchev–Trinajstić information content (AvgIpc) is 3.42. The number of hydrogen-bond acceptors (Lipinski definition) is 5. The summed E-state index contributed by atoms with van der Waals surface area (Å²) in [5.41, 5.74) is 9.73. The van der Waals surface area contributed by atoms with Crippen LogP contribution < -0.4 is 15.8 Å². The van der Waals surface area contributed by atoms with Gasteiger partial charge in [-0.05, 0) is 163 Å². The highest BCUT2D eigenvalue weighted by Crippen LogP contribution is 2.39. The highest BCUT2D eigenvalue weighted by Gasteiger charge is 2.52. The van der Waals surface area contributed by atoms with Crippen molar-refractivity contribution in [2.75, 3.05) is 4.90 Å². The molecule has 0 N–H and O–H groups in total. The summed E-state index contributed by atoms with van der Waals surface area (Å²) in [5.74, 6) is 0. The lowest BCUT2D eigenvalue weighted by atomic mass is 9.79. The SMILES string of the molecule is CC1(C)OB(c2ccc(N(c3ccc(CCCCCc4ccc5c(c4)CC5)cc3)c3ccc(B4OC(C)(C)C(C)(C)O4)cc3)cc2)OC1(C)C. The smallest absolute Gasteiger partial charge is 0.399 e. The van der Waals surface area contributed by atoms with E-state index >= 15 is 0 Å². The van der Waals surface area contributed by atoms with Crippen LogP contribution in [0.1, 0.15) is 96.9 Å². The van der Waals surface area contributed by atoms with Crippen LogP contribution in [0.5, 0.6) is 0 Å². The van der Waals surface area contributed by atoms with Crippen LogP contribution in [0.25, 0.3) is 0 Å². The summed E-state index contributed by atoms with van der Waals surface area (Å²) in [4.78, 5) is 2.31. The van der Waals surface area contributed by atoms with Gasteiger partial charge in [-0.25, -0.2) is 0 Å². The number of anilines is 3. The number of unbranched alkanes of at least 4 members (excludes halogenated alkanes) is 2. The molecule has 2 aliphatic heterocycles. The molecule has 260 valence electrons. The van der Waals surface area contributed by atoms with Crippen LogP contribution in [-0.2, 0) is 44.3 Å². The molecule has 0 aromatic heterocycles. The Morgan fingerprint density at radius 2 is 0.840 bits per heavy atom. The highest BCUT2D eigenvalue weighted by atomic mass is 16.7. The Morgan fingerprint density at radius 3 is 1.24 bits per heavy atom. The van der Waals surface area contributed by atoms with E-state index in [1.807, 2.05) is 0 Å². The van der Waals surface area contributed by atoms with E-state index in [0.717, 1.165) is 34.4 Å². The summed E-state index contributed by atoms with van der Waals surface area (Å²) >= 11 is 0. The third kappa shape index (κ3) is 6.95. The van der Waals surface area contributed by atoms with E-state index in [-0.39, 0.29) is 22.4 Å². The van der Waals surface area contributed by atoms with Gasteiger partial charge < -0.3 is 23.5 Å². The van der Waals surface area contributed by atoms with E-state index < -0.39 is 14.2 Å². The van der Waals surface area contributed by atoms with Crippen molar-refractivity contribution in [2.45, 2.75) is 123 Å². The van der Waals surface area contributed by atoms with E-state index in [1.165, 1.54) is 49.7 Å². The zero-order chi connectivity index (χ0) is 35.3. The van der Waals surface area contributed by atoms with Gasteiger partial charge in [0.15, 0.2) is 0 Å². The van der Waals surface area contributed by atoms with Crippen molar-refractivity contribution in [1.29, 1.82) is 0 Å². The van der Waals surface area contributed by atoms with Crippen molar-refractivity contribution in [3.8, 4) is 0 Å². The molecule has 0 spiro atoms. The quantitative estimate of drug-likeness (QED) is 0.118. The van der Waals surface area contributed by atoms with Gasteiger partial charge in [-0.3, -0.25) is 0 Å². The fourth-order valence-electron chi connectivity index (χ4n) is 7.02. The fraction of sp³-hybridized carbons (Fsp3) is 0.442. The van der Waals surface area contributed by atoms with E-state index in [2.05, 4.69) is 151 Å². The second kappa shape index (κ2) is 13.3. The third-order valence-corrected chi connectivity index (χ3v) is 11.9. The van der Waals surface area contributed by atoms with E-state index in [9.17, 15) is 0 Å². The third-order valence-electron chi connectivity index (χ3n) is 11.9. The van der Waals surface area contributed by atoms with E-state index in [4.69, 9.17) is 18.6 Å². The van der Waals surface area contributed by atoms with Crippen molar-refractivity contribution in [3.63, 3.8) is 0 Å². The molecule has 0 unspecified atom stereocenters. The zero-order valence-electron chi connectivity index (χ0n) is 31.3. The molecule has 2 fully saturated rings. The molecule has 0 radical (unpaired) electrons. The molecule has 7 rings (SSSR count). The van der Waals surface area contributed by atoms with Gasteiger partial charge in [0.05, 0.1) is 22.4 Å². The number of benzene rings is 4. The molecular weight excluding hydrogens is 616 g/mol. The molecule has 7 heteroatoms. The Morgan fingerprint density at radius 1 is 0.460 bits per heavy atom. The van der Waals surface area contributed by atoms with Gasteiger partial charge in [0.1, 0.15) is 0 Å². The minimum Gasteiger partial charge on any atom is -0.399 e. The summed E-state index contributed by atoms with van der Waals surface area (Å²) < 4.78 is 25.4. The molecule has 50 heavy (non-hydrogen) atoms. The average molecular weight is 670 g/mol. The van der Waals surface area contributed by atoms with Gasteiger partial charge in [-0.1, -0.05) is 61.0 Å². The maximum absolute atomic E-state index is 6.35. The molecule has 0 bridgehead atoms. The minimum atomic E-state index is -0.398. The van der Waals surface area contributed by atoms with Crippen LogP contribution in [0.4, 0.5) is 17.1 Å². The van der Waals surface area contributed by atoms with Crippen molar-refractivity contribution in [2.24, 2.45) is 0 Å². The molecule has 4 aromatic carbocycles. The Hall–Kier alpha value is -3.35. The van der Waals surface area contributed by atoms with Gasteiger partial charge in [0.2, 0.25) is 0 Å². The highest BCUT2D eigenvalue weighted by molar-refractivity contribution is 6.62. The first-order chi connectivity index (χ1) is 23.7. The van der Waals surface area contributed by atoms with Crippen LogP contribution in [0.2, 0.25) is 0 Å². The second-order valence-corrected chi connectivity index (χ2v) is 16.5. The second-order valence-electron chi connectivity index (χ2n) is 16.5. The monoisotopic (exact) mass is 669 g/mol. The molecule has 2 heterocycles. The minimum absolute atomic E-state index is 0.383. The molecule has 3 aliphatic rings. The van der Waals surface area contributed by atoms with Crippen LogP contribution in [0.3, 0.4) is 0 Å². The zero-order valence-corrected chi connectivity index (χ0v) is 31.3. The first-order valence-electron chi connectivity index (χ1n) is 18.6. The van der Waals surface area contributed by atoms with Crippen LogP contribution in [0.15, 0.2) is 91.0 Å². The lowest BCUT2D eigenvalue weighted by molar-refractivity contribution is 0.00578. The number of hydrogen-bond donors (Lipinski definition) is 0. The summed E-state index contributed by atoms with van der Waals surface area (Å²) in [7, 11) is -0.797. The number of fused-ring (bicyclic) bond motifs is 1. The Bertz CT molecular complexity index is 1690. The standard InChI is InChI=1S/C43H53B2NO4/c1-40(2)41(3,4)48-44(47-40)35-20-26-38(27-21-35)46(39-28-22-36(23-29-39)45-49-42(5,6)43(7,8)50-45)37-24-15-31(16-25-37)12-10-9-11-13-32-14-17-33-18-19-34(33)30-32/h14-17,20-30H,9-13,18-19H2,1-8H3. The molecular formula is C43H53B2NO4. The first kappa shape index (κ1) is 35.1. The molecule has 1 aliphatic carbocycles. The Labute approximate surface area is 301 Å². The summed E-state index contributed by atoms with van der Waals surface area (Å²) in [6.07, 6.45) is 8.49. The Balaban J connectivity index is 1.07. The van der Waals surface area contributed by atoms with E-state index in [0.29, 0.717) is 0 Å². The molecule has 2 saturated heterocycles.